The van der Waals surface area contributed by atoms with E-state index in [0.717, 1.165) is 18.8 Å². The van der Waals surface area contributed by atoms with E-state index in [4.69, 9.17) is 4.42 Å². The van der Waals surface area contributed by atoms with Gasteiger partial charge in [-0.2, -0.15) is 0 Å². The van der Waals surface area contributed by atoms with Crippen molar-refractivity contribution in [1.29, 1.82) is 0 Å². The van der Waals surface area contributed by atoms with Gasteiger partial charge >= 0.3 is 6.03 Å². The minimum absolute atomic E-state index is 0.127. The number of hydrogen-bond acceptors (Lipinski definition) is 4. The van der Waals surface area contributed by atoms with E-state index < -0.39 is 0 Å². The zero-order valence-electron chi connectivity index (χ0n) is 15.3. The van der Waals surface area contributed by atoms with E-state index in [0.29, 0.717) is 31.9 Å². The van der Waals surface area contributed by atoms with E-state index in [2.05, 4.69) is 22.3 Å². The second-order valence-electron chi connectivity index (χ2n) is 6.93. The van der Waals surface area contributed by atoms with Crippen molar-refractivity contribution in [1.82, 2.24) is 9.80 Å². The number of carbonyl (C=O) groups excluding carboxylic acids is 2. The van der Waals surface area contributed by atoms with Gasteiger partial charge in [-0.1, -0.05) is 0 Å². The Morgan fingerprint density at radius 2 is 1.52 bits per heavy atom. The molecule has 1 aromatic heterocycles. The standard InChI is InChI=1S/C20H24N4O3/c25-19(18-4-3-15-27-18)23-11-13-24(14-12-23)20(26)21-16-5-7-17(8-6-16)22-9-1-2-10-22/h3-8,15H,1-2,9-14H2,(H,21,26). The molecule has 3 amide bonds. The number of nitrogens with one attached hydrogen (secondary N) is 1. The van der Waals surface area contributed by atoms with Crippen molar-refractivity contribution in [3.05, 3.63) is 48.4 Å². The molecule has 2 fully saturated rings. The lowest BCUT2D eigenvalue weighted by Gasteiger charge is -2.34. The highest BCUT2D eigenvalue weighted by molar-refractivity contribution is 5.92. The molecule has 0 unspecified atom stereocenters. The summed E-state index contributed by atoms with van der Waals surface area (Å²) in [6.07, 6.45) is 3.98. The Morgan fingerprint density at radius 3 is 2.15 bits per heavy atom. The number of furan rings is 1. The number of urea groups is 1. The molecular formula is C20H24N4O3. The second-order valence-corrected chi connectivity index (χ2v) is 6.93. The van der Waals surface area contributed by atoms with Gasteiger partial charge in [0.2, 0.25) is 0 Å². The van der Waals surface area contributed by atoms with Crippen molar-refractivity contribution in [3.63, 3.8) is 0 Å². The highest BCUT2D eigenvalue weighted by atomic mass is 16.3. The van der Waals surface area contributed by atoms with Crippen molar-refractivity contribution in [2.75, 3.05) is 49.5 Å². The minimum Gasteiger partial charge on any atom is -0.459 e. The lowest BCUT2D eigenvalue weighted by atomic mass is 10.2. The number of rotatable bonds is 3. The van der Waals surface area contributed by atoms with Crippen LogP contribution in [0.1, 0.15) is 23.4 Å². The lowest BCUT2D eigenvalue weighted by molar-refractivity contribution is 0.0640. The number of hydrogen-bond donors (Lipinski definition) is 1. The van der Waals surface area contributed by atoms with Gasteiger partial charge in [0, 0.05) is 50.6 Å². The maximum atomic E-state index is 12.5. The molecule has 0 bridgehead atoms. The largest absolute Gasteiger partial charge is 0.459 e. The maximum Gasteiger partial charge on any atom is 0.321 e. The Labute approximate surface area is 158 Å². The molecule has 2 aromatic rings. The van der Waals surface area contributed by atoms with E-state index in [9.17, 15) is 9.59 Å². The fourth-order valence-electron chi connectivity index (χ4n) is 3.60. The zero-order valence-corrected chi connectivity index (χ0v) is 15.3. The summed E-state index contributed by atoms with van der Waals surface area (Å²) < 4.78 is 5.16. The molecule has 1 aromatic carbocycles. The lowest BCUT2D eigenvalue weighted by Crippen LogP contribution is -2.51. The summed E-state index contributed by atoms with van der Waals surface area (Å²) >= 11 is 0. The molecule has 0 aliphatic carbocycles. The second kappa shape index (κ2) is 7.73. The summed E-state index contributed by atoms with van der Waals surface area (Å²) in [7, 11) is 0. The summed E-state index contributed by atoms with van der Waals surface area (Å²) in [6.45, 7) is 4.22. The van der Waals surface area contributed by atoms with Crippen molar-refractivity contribution in [2.45, 2.75) is 12.8 Å². The molecule has 27 heavy (non-hydrogen) atoms. The molecule has 1 N–H and O–H groups in total. The highest BCUT2D eigenvalue weighted by Crippen LogP contribution is 2.22. The zero-order chi connectivity index (χ0) is 18.6. The molecule has 7 nitrogen and oxygen atoms in total. The van der Waals surface area contributed by atoms with Gasteiger partial charge < -0.3 is 24.4 Å². The van der Waals surface area contributed by atoms with Crippen LogP contribution in [0.25, 0.3) is 0 Å². The number of anilines is 2. The van der Waals surface area contributed by atoms with Gasteiger partial charge in [-0.15, -0.1) is 0 Å². The summed E-state index contributed by atoms with van der Waals surface area (Å²) in [4.78, 5) is 30.6. The van der Waals surface area contributed by atoms with Crippen molar-refractivity contribution >= 4 is 23.3 Å². The van der Waals surface area contributed by atoms with Crippen molar-refractivity contribution in [2.24, 2.45) is 0 Å². The fraction of sp³-hybridized carbons (Fsp3) is 0.400. The normalized spacial score (nSPS) is 17.3. The first-order chi connectivity index (χ1) is 13.2. The first-order valence-electron chi connectivity index (χ1n) is 9.44. The molecule has 2 saturated heterocycles. The Bertz CT molecular complexity index is 774. The Hall–Kier alpha value is -2.96. The van der Waals surface area contributed by atoms with E-state index in [1.165, 1.54) is 24.8 Å². The van der Waals surface area contributed by atoms with Crippen LogP contribution < -0.4 is 10.2 Å². The highest BCUT2D eigenvalue weighted by Gasteiger charge is 2.26. The van der Waals surface area contributed by atoms with Crippen LogP contribution >= 0.6 is 0 Å². The van der Waals surface area contributed by atoms with Gasteiger partial charge in [-0.25, -0.2) is 4.79 Å². The van der Waals surface area contributed by atoms with E-state index in [-0.39, 0.29) is 11.9 Å². The Kier molecular flexibility index (Phi) is 5.00. The molecule has 2 aliphatic heterocycles. The monoisotopic (exact) mass is 368 g/mol. The van der Waals surface area contributed by atoms with Gasteiger partial charge in [0.15, 0.2) is 5.76 Å². The van der Waals surface area contributed by atoms with Gasteiger partial charge in [0.25, 0.3) is 5.91 Å². The average Bonchev–Trinajstić information content (AvgIpc) is 3.42. The van der Waals surface area contributed by atoms with Crippen LogP contribution in [-0.4, -0.2) is 61.0 Å². The Balaban J connectivity index is 1.28. The van der Waals surface area contributed by atoms with Crippen LogP contribution in [0.5, 0.6) is 0 Å². The molecular weight excluding hydrogens is 344 g/mol. The van der Waals surface area contributed by atoms with Crippen LogP contribution in [0.3, 0.4) is 0 Å². The number of amides is 3. The Morgan fingerprint density at radius 1 is 0.852 bits per heavy atom. The number of benzene rings is 1. The number of piperazine rings is 1. The summed E-state index contributed by atoms with van der Waals surface area (Å²) in [5, 5.41) is 2.95. The molecule has 4 rings (SSSR count). The molecule has 0 spiro atoms. The van der Waals surface area contributed by atoms with E-state index in [1.807, 2.05) is 12.1 Å². The third-order valence-electron chi connectivity index (χ3n) is 5.18. The van der Waals surface area contributed by atoms with Crippen LogP contribution in [0.4, 0.5) is 16.2 Å². The molecule has 0 radical (unpaired) electrons. The topological polar surface area (TPSA) is 69.0 Å². The van der Waals surface area contributed by atoms with Crippen LogP contribution in [0, 0.1) is 0 Å². The fourth-order valence-corrected chi connectivity index (χ4v) is 3.60. The van der Waals surface area contributed by atoms with Gasteiger partial charge in [0.05, 0.1) is 6.26 Å². The van der Waals surface area contributed by atoms with Gasteiger partial charge in [-0.3, -0.25) is 4.79 Å². The maximum absolute atomic E-state index is 12.5. The number of carbonyl (C=O) groups is 2. The smallest absolute Gasteiger partial charge is 0.321 e. The van der Waals surface area contributed by atoms with Gasteiger partial charge in [-0.05, 0) is 49.2 Å². The predicted octanol–water partition coefficient (Wildman–Crippen LogP) is 2.87. The first-order valence-corrected chi connectivity index (χ1v) is 9.44. The molecule has 0 saturated carbocycles. The third-order valence-corrected chi connectivity index (χ3v) is 5.18. The quantitative estimate of drug-likeness (QED) is 0.905. The summed E-state index contributed by atoms with van der Waals surface area (Å²) in [6, 6.07) is 11.2. The summed E-state index contributed by atoms with van der Waals surface area (Å²) in [5.74, 6) is 0.212. The third kappa shape index (κ3) is 3.92. The number of nitrogens with zero attached hydrogens (tertiary/aromatic N) is 3. The van der Waals surface area contributed by atoms with E-state index >= 15 is 0 Å². The van der Waals surface area contributed by atoms with E-state index in [1.54, 1.807) is 21.9 Å². The van der Waals surface area contributed by atoms with Crippen LogP contribution in [0.2, 0.25) is 0 Å². The molecule has 142 valence electrons. The molecule has 2 aliphatic rings. The molecule has 7 heteroatoms. The molecule has 0 atom stereocenters. The van der Waals surface area contributed by atoms with Crippen molar-refractivity contribution < 1.29 is 14.0 Å². The van der Waals surface area contributed by atoms with Gasteiger partial charge in [0.1, 0.15) is 0 Å². The summed E-state index contributed by atoms with van der Waals surface area (Å²) in [5.41, 5.74) is 1.99. The SMILES string of the molecule is O=C(Nc1ccc(N2CCCC2)cc1)N1CCN(C(=O)c2ccco2)CC1. The average molecular weight is 368 g/mol. The van der Waals surface area contributed by atoms with Crippen molar-refractivity contribution in [3.8, 4) is 0 Å². The van der Waals surface area contributed by atoms with Crippen LogP contribution in [0.15, 0.2) is 47.1 Å². The van der Waals surface area contributed by atoms with Crippen LogP contribution in [-0.2, 0) is 0 Å². The molecule has 3 heterocycles. The predicted molar refractivity (Wildman–Crippen MR) is 103 cm³/mol. The first kappa shape index (κ1) is 17.5. The minimum atomic E-state index is -0.131.